The van der Waals surface area contributed by atoms with Gasteiger partial charge in [0.15, 0.2) is 17.3 Å². The molecule has 0 aliphatic carbocycles. The monoisotopic (exact) mass is 647 g/mol. The molecule has 198 valence electrons. The topological polar surface area (TPSA) is 202 Å². The normalized spacial score (nSPS) is 10.9. The summed E-state index contributed by atoms with van der Waals surface area (Å²) >= 11 is 1.90. The number of furan rings is 1. The molecule has 0 saturated carbocycles. The largest absolute Gasteiger partial charge is 0.493 e. The molecule has 39 heavy (non-hydrogen) atoms. The fraction of sp³-hybridized carbons (Fsp3) is 0.0435. The molecule has 16 heteroatoms. The van der Waals surface area contributed by atoms with Crippen molar-refractivity contribution >= 4 is 62.7 Å². The number of non-ortho nitro benzene ring substituents is 2. The van der Waals surface area contributed by atoms with Gasteiger partial charge in [0.25, 0.3) is 11.4 Å². The second-order valence-electron chi connectivity index (χ2n) is 7.59. The van der Waals surface area contributed by atoms with Crippen molar-refractivity contribution in [1.29, 1.82) is 0 Å². The van der Waals surface area contributed by atoms with Crippen LogP contribution in [0.15, 0.2) is 64.1 Å². The van der Waals surface area contributed by atoms with Crippen LogP contribution in [0.5, 0.6) is 17.2 Å². The third kappa shape index (κ3) is 5.90. The zero-order chi connectivity index (χ0) is 28.3. The molecule has 4 rings (SSSR count). The number of hydrogen-bond donors (Lipinski definition) is 1. The van der Waals surface area contributed by atoms with Crippen LogP contribution in [0.2, 0.25) is 0 Å². The summed E-state index contributed by atoms with van der Waals surface area (Å²) in [5.74, 6) is -0.749. The molecular weight excluding hydrogens is 633 g/mol. The average Bonchev–Trinajstić information content (AvgIpc) is 3.33. The van der Waals surface area contributed by atoms with Crippen molar-refractivity contribution in [2.45, 2.75) is 0 Å². The first-order chi connectivity index (χ1) is 18.6. The molecule has 0 fully saturated rings. The molecule has 0 bridgehead atoms. The first-order valence-electron chi connectivity index (χ1n) is 10.6. The van der Waals surface area contributed by atoms with E-state index in [0.717, 1.165) is 18.2 Å². The summed E-state index contributed by atoms with van der Waals surface area (Å²) < 4.78 is 16.9. The van der Waals surface area contributed by atoms with Crippen LogP contribution in [0.25, 0.3) is 11.0 Å². The number of fused-ring (bicyclic) bond motifs is 1. The molecule has 0 saturated heterocycles. The van der Waals surface area contributed by atoms with Crippen LogP contribution in [0.3, 0.4) is 0 Å². The number of nitro benzene ring substituents is 3. The molecule has 0 aliphatic rings. The van der Waals surface area contributed by atoms with Crippen molar-refractivity contribution in [1.82, 2.24) is 5.43 Å². The third-order valence-corrected chi connectivity index (χ3v) is 5.93. The predicted octanol–water partition coefficient (Wildman–Crippen LogP) is 5.33. The van der Waals surface area contributed by atoms with Gasteiger partial charge in [-0.2, -0.15) is 5.10 Å². The van der Waals surface area contributed by atoms with E-state index in [-0.39, 0.29) is 34.3 Å². The molecule has 1 amide bonds. The number of nitrogens with one attached hydrogen (secondary N) is 1. The Kier molecular flexibility index (Phi) is 7.65. The molecule has 4 aromatic rings. The molecule has 1 heterocycles. The Balaban J connectivity index is 1.53. The van der Waals surface area contributed by atoms with E-state index in [1.54, 1.807) is 6.07 Å². The van der Waals surface area contributed by atoms with Crippen LogP contribution >= 0.6 is 22.6 Å². The van der Waals surface area contributed by atoms with Crippen molar-refractivity contribution in [2.24, 2.45) is 5.10 Å². The highest BCUT2D eigenvalue weighted by Crippen LogP contribution is 2.41. The van der Waals surface area contributed by atoms with E-state index >= 15 is 0 Å². The van der Waals surface area contributed by atoms with E-state index in [4.69, 9.17) is 13.9 Å². The Hall–Kier alpha value is -5.13. The number of carbonyl (C=O) groups is 1. The van der Waals surface area contributed by atoms with Gasteiger partial charge in [-0.05, 0) is 58.5 Å². The molecule has 0 radical (unpaired) electrons. The second kappa shape index (κ2) is 11.1. The fourth-order valence-corrected chi connectivity index (χ4v) is 4.08. The summed E-state index contributed by atoms with van der Waals surface area (Å²) in [5.41, 5.74) is 1.83. The minimum Gasteiger partial charge on any atom is -0.493 e. The number of carbonyl (C=O) groups excluding carboxylic acids is 1. The van der Waals surface area contributed by atoms with E-state index in [1.807, 2.05) is 22.6 Å². The molecule has 3 aromatic carbocycles. The second-order valence-corrected chi connectivity index (χ2v) is 8.75. The molecule has 1 aromatic heterocycles. The van der Waals surface area contributed by atoms with Gasteiger partial charge in [-0.25, -0.2) is 5.43 Å². The number of benzene rings is 3. The SMILES string of the molecule is COc1cc(/C=N\NC(=O)c2cc3cc([N+](=O)[O-])ccc3o2)cc(I)c1Oc1ccc([N+](=O)[O-])cc1[N+](=O)[O-]. The van der Waals surface area contributed by atoms with Gasteiger partial charge < -0.3 is 13.9 Å². The minimum absolute atomic E-state index is 0.108. The quantitative estimate of drug-likeness (QED) is 0.107. The van der Waals surface area contributed by atoms with Gasteiger partial charge in [-0.3, -0.25) is 35.1 Å². The van der Waals surface area contributed by atoms with Crippen molar-refractivity contribution in [3.63, 3.8) is 0 Å². The lowest BCUT2D eigenvalue weighted by Gasteiger charge is -2.13. The average molecular weight is 647 g/mol. The van der Waals surface area contributed by atoms with Crippen LogP contribution < -0.4 is 14.9 Å². The van der Waals surface area contributed by atoms with Crippen LogP contribution in [-0.2, 0) is 0 Å². The Morgan fingerprint density at radius 2 is 1.64 bits per heavy atom. The smallest absolute Gasteiger partial charge is 0.318 e. The van der Waals surface area contributed by atoms with Crippen molar-refractivity contribution in [3.05, 3.63) is 99.8 Å². The summed E-state index contributed by atoms with van der Waals surface area (Å²) in [5, 5.41) is 37.6. The molecule has 0 atom stereocenters. The van der Waals surface area contributed by atoms with Crippen LogP contribution in [-0.4, -0.2) is 34.0 Å². The first kappa shape index (κ1) is 26.9. The van der Waals surface area contributed by atoms with E-state index in [0.29, 0.717) is 14.5 Å². The summed E-state index contributed by atoms with van der Waals surface area (Å²) in [6, 6.07) is 11.3. The van der Waals surface area contributed by atoms with Gasteiger partial charge >= 0.3 is 11.6 Å². The lowest BCUT2D eigenvalue weighted by Crippen LogP contribution is -2.16. The number of ether oxygens (including phenoxy) is 2. The van der Waals surface area contributed by atoms with E-state index in [9.17, 15) is 35.1 Å². The molecule has 0 spiro atoms. The summed E-state index contributed by atoms with van der Waals surface area (Å²) in [4.78, 5) is 43.7. The lowest BCUT2D eigenvalue weighted by atomic mass is 10.2. The number of nitrogens with zero attached hydrogens (tertiary/aromatic N) is 4. The lowest BCUT2D eigenvalue weighted by molar-refractivity contribution is -0.394. The van der Waals surface area contributed by atoms with Gasteiger partial charge in [-0.1, -0.05) is 0 Å². The number of rotatable bonds is 9. The number of halogens is 1. The Bertz CT molecular complexity index is 1680. The van der Waals surface area contributed by atoms with Crippen molar-refractivity contribution < 1.29 is 33.5 Å². The number of methoxy groups -OCH3 is 1. The zero-order valence-corrected chi connectivity index (χ0v) is 21.7. The highest BCUT2D eigenvalue weighted by Gasteiger charge is 2.23. The minimum atomic E-state index is -0.797. The van der Waals surface area contributed by atoms with Gasteiger partial charge in [0, 0.05) is 23.6 Å². The Morgan fingerprint density at radius 3 is 2.31 bits per heavy atom. The van der Waals surface area contributed by atoms with E-state index in [1.165, 1.54) is 43.7 Å². The molecule has 0 unspecified atom stereocenters. The van der Waals surface area contributed by atoms with Gasteiger partial charge in [0.2, 0.25) is 5.75 Å². The van der Waals surface area contributed by atoms with Crippen LogP contribution in [0.1, 0.15) is 16.1 Å². The Morgan fingerprint density at radius 1 is 0.949 bits per heavy atom. The van der Waals surface area contributed by atoms with Gasteiger partial charge in [-0.15, -0.1) is 0 Å². The standard InChI is InChI=1S/C23H14IN5O10/c1-37-20-7-12(6-16(24)22(20)39-19-5-3-15(28(33)34)10-17(19)29(35)36)11-25-26-23(30)21-9-13-8-14(27(31)32)2-4-18(13)38-21/h2-11H,1H3,(H,26,30)/b25-11-. The number of hydrogen-bond acceptors (Lipinski definition) is 11. The zero-order valence-electron chi connectivity index (χ0n) is 19.5. The maximum Gasteiger partial charge on any atom is 0.318 e. The fourth-order valence-electron chi connectivity index (χ4n) is 3.35. The number of hydrazone groups is 1. The Labute approximate surface area is 230 Å². The summed E-state index contributed by atoms with van der Waals surface area (Å²) in [7, 11) is 1.34. The van der Waals surface area contributed by atoms with Crippen LogP contribution in [0.4, 0.5) is 17.1 Å². The molecule has 15 nitrogen and oxygen atoms in total. The van der Waals surface area contributed by atoms with Crippen LogP contribution in [0, 0.1) is 33.9 Å². The van der Waals surface area contributed by atoms with E-state index in [2.05, 4.69) is 10.5 Å². The maximum absolute atomic E-state index is 12.4. The number of amides is 1. The molecular formula is C23H14IN5O10. The highest BCUT2D eigenvalue weighted by molar-refractivity contribution is 14.1. The highest BCUT2D eigenvalue weighted by atomic mass is 127. The molecule has 0 aliphatic heterocycles. The summed E-state index contributed by atoms with van der Waals surface area (Å²) in [6.45, 7) is 0. The predicted molar refractivity (Wildman–Crippen MR) is 143 cm³/mol. The van der Waals surface area contributed by atoms with Crippen molar-refractivity contribution in [3.8, 4) is 17.2 Å². The van der Waals surface area contributed by atoms with Gasteiger partial charge in [0.05, 0.1) is 37.7 Å². The molecule has 1 N–H and O–H groups in total. The van der Waals surface area contributed by atoms with E-state index < -0.39 is 32.1 Å². The summed E-state index contributed by atoms with van der Waals surface area (Å²) in [6.07, 6.45) is 1.30. The number of nitro groups is 3. The van der Waals surface area contributed by atoms with Gasteiger partial charge in [0.1, 0.15) is 5.58 Å². The maximum atomic E-state index is 12.4. The van der Waals surface area contributed by atoms with Crippen molar-refractivity contribution in [2.75, 3.05) is 7.11 Å². The third-order valence-electron chi connectivity index (χ3n) is 5.13. The first-order valence-corrected chi connectivity index (χ1v) is 11.6.